The van der Waals surface area contributed by atoms with Crippen LogP contribution >= 0.6 is 0 Å². The van der Waals surface area contributed by atoms with Crippen LogP contribution < -0.4 is 10.3 Å². The van der Waals surface area contributed by atoms with Crippen molar-refractivity contribution < 1.29 is 14.6 Å². The van der Waals surface area contributed by atoms with Crippen LogP contribution in [0.2, 0.25) is 0 Å². The third kappa shape index (κ3) is 4.71. The summed E-state index contributed by atoms with van der Waals surface area (Å²) in [6.07, 6.45) is 2.74. The predicted octanol–water partition coefficient (Wildman–Crippen LogP) is 3.71. The first-order chi connectivity index (χ1) is 16.2. The lowest BCUT2D eigenvalue weighted by Gasteiger charge is -2.38. The lowest BCUT2D eigenvalue weighted by molar-refractivity contribution is -0.0108. The topological polar surface area (TPSA) is 95.5 Å². The van der Waals surface area contributed by atoms with Crippen LogP contribution in [-0.2, 0) is 12.8 Å². The quantitative estimate of drug-likeness (QED) is 0.581. The third-order valence-electron chi connectivity index (χ3n) is 6.97. The van der Waals surface area contributed by atoms with Gasteiger partial charge in [-0.2, -0.15) is 5.10 Å². The van der Waals surface area contributed by atoms with E-state index in [9.17, 15) is 14.7 Å². The summed E-state index contributed by atoms with van der Waals surface area (Å²) in [7, 11) is 1.60. The van der Waals surface area contributed by atoms with Gasteiger partial charge in [0, 0.05) is 24.9 Å². The Hall–Kier alpha value is -3.19. The van der Waals surface area contributed by atoms with Crippen molar-refractivity contribution in [2.75, 3.05) is 20.2 Å². The number of methoxy groups -OCH3 is 1. The van der Waals surface area contributed by atoms with Gasteiger partial charge in [-0.3, -0.25) is 9.59 Å². The highest BCUT2D eigenvalue weighted by molar-refractivity contribution is 5.98. The second-order valence-corrected chi connectivity index (χ2v) is 9.63. The summed E-state index contributed by atoms with van der Waals surface area (Å²) in [4.78, 5) is 27.6. The Morgan fingerprint density at radius 3 is 2.50 bits per heavy atom. The minimum absolute atomic E-state index is 0.0538. The molecule has 180 valence electrons. The van der Waals surface area contributed by atoms with E-state index in [2.05, 4.69) is 16.3 Å². The number of hydrogen-bond acceptors (Lipinski definition) is 5. The Labute approximate surface area is 199 Å². The third-order valence-corrected chi connectivity index (χ3v) is 6.97. The zero-order valence-electron chi connectivity index (χ0n) is 20.4. The zero-order valence-corrected chi connectivity index (χ0v) is 20.4. The molecule has 0 bridgehead atoms. The summed E-state index contributed by atoms with van der Waals surface area (Å²) in [5, 5.41) is 18.7. The number of piperidine rings is 1. The molecule has 0 aliphatic carbocycles. The molecule has 0 radical (unpaired) electrons. The largest absolute Gasteiger partial charge is 0.496 e. The van der Waals surface area contributed by atoms with Gasteiger partial charge in [-0.05, 0) is 62.3 Å². The molecule has 2 heterocycles. The fourth-order valence-electron chi connectivity index (χ4n) is 4.98. The maximum atomic E-state index is 13.6. The lowest BCUT2D eigenvalue weighted by Crippen LogP contribution is -2.44. The van der Waals surface area contributed by atoms with Crippen molar-refractivity contribution in [2.24, 2.45) is 5.92 Å². The number of hydrogen-bond donors (Lipinski definition) is 2. The maximum Gasteiger partial charge on any atom is 0.272 e. The van der Waals surface area contributed by atoms with Crippen LogP contribution in [0.4, 0.5) is 0 Å². The van der Waals surface area contributed by atoms with Crippen LogP contribution in [0.25, 0.3) is 10.8 Å². The van der Waals surface area contributed by atoms with Crippen LogP contribution in [-0.4, -0.2) is 51.9 Å². The van der Waals surface area contributed by atoms with Crippen LogP contribution in [0.15, 0.2) is 41.2 Å². The first-order valence-electron chi connectivity index (χ1n) is 11.9. The molecule has 1 saturated heterocycles. The van der Waals surface area contributed by atoms with Crippen molar-refractivity contribution in [1.82, 2.24) is 15.1 Å². The number of fused-ring (bicyclic) bond motifs is 1. The van der Waals surface area contributed by atoms with Crippen molar-refractivity contribution in [3.8, 4) is 5.75 Å². The Morgan fingerprint density at radius 1 is 1.21 bits per heavy atom. The van der Waals surface area contributed by atoms with Crippen molar-refractivity contribution in [3.05, 3.63) is 69.1 Å². The summed E-state index contributed by atoms with van der Waals surface area (Å²) in [6, 6.07) is 11.4. The van der Waals surface area contributed by atoms with E-state index in [1.54, 1.807) is 13.2 Å². The number of carbonyl (C=O) groups excluding carboxylic acids is 1. The number of carbonyl (C=O) groups is 1. The van der Waals surface area contributed by atoms with Gasteiger partial charge >= 0.3 is 0 Å². The number of rotatable bonds is 6. The number of amides is 1. The predicted molar refractivity (Wildman–Crippen MR) is 132 cm³/mol. The molecule has 1 amide bonds. The van der Waals surface area contributed by atoms with Gasteiger partial charge in [0.2, 0.25) is 0 Å². The zero-order chi connectivity index (χ0) is 24.5. The number of ether oxygens (including phenoxy) is 1. The Bertz CT molecular complexity index is 1250. The average molecular weight is 464 g/mol. The SMILES string of the molecule is CCc1cc(Cc2n[nH]c(=O)c3ccccc23)cc(C(=O)N2CCC(C(C)(C)O)CC2)c1OC. The molecule has 7 heteroatoms. The molecule has 7 nitrogen and oxygen atoms in total. The van der Waals surface area contributed by atoms with Gasteiger partial charge in [-0.25, -0.2) is 5.10 Å². The van der Waals surface area contributed by atoms with Crippen LogP contribution in [0.3, 0.4) is 0 Å². The number of nitrogens with one attached hydrogen (secondary N) is 1. The van der Waals surface area contributed by atoms with E-state index in [0.29, 0.717) is 36.2 Å². The van der Waals surface area contributed by atoms with E-state index in [1.807, 2.05) is 49.9 Å². The highest BCUT2D eigenvalue weighted by atomic mass is 16.5. The number of H-pyrrole nitrogens is 1. The summed E-state index contributed by atoms with van der Waals surface area (Å²) < 4.78 is 5.70. The molecule has 0 saturated carbocycles. The highest BCUT2D eigenvalue weighted by Crippen LogP contribution is 2.32. The number of likely N-dealkylation sites (tertiary alicyclic amines) is 1. The molecule has 1 aliphatic rings. The van der Waals surface area contributed by atoms with E-state index in [-0.39, 0.29) is 17.4 Å². The fraction of sp³-hybridized carbons (Fsp3) is 0.444. The molecule has 1 fully saturated rings. The molecule has 3 aromatic rings. The lowest BCUT2D eigenvalue weighted by atomic mass is 9.83. The van der Waals surface area contributed by atoms with Crippen molar-refractivity contribution >= 4 is 16.7 Å². The molecule has 2 N–H and O–H groups in total. The smallest absolute Gasteiger partial charge is 0.272 e. The van der Waals surface area contributed by atoms with Crippen LogP contribution in [0.5, 0.6) is 5.75 Å². The monoisotopic (exact) mass is 463 g/mol. The number of aliphatic hydroxyl groups is 1. The van der Waals surface area contributed by atoms with Gasteiger partial charge < -0.3 is 14.7 Å². The summed E-state index contributed by atoms with van der Waals surface area (Å²) in [5.41, 5.74) is 2.25. The summed E-state index contributed by atoms with van der Waals surface area (Å²) >= 11 is 0. The molecule has 0 atom stereocenters. The number of aromatic nitrogens is 2. The first-order valence-corrected chi connectivity index (χ1v) is 11.9. The van der Waals surface area contributed by atoms with Crippen molar-refractivity contribution in [2.45, 2.75) is 52.1 Å². The van der Waals surface area contributed by atoms with E-state index in [1.165, 1.54) is 0 Å². The van der Waals surface area contributed by atoms with E-state index >= 15 is 0 Å². The number of aryl methyl sites for hydroxylation is 1. The first kappa shape index (κ1) is 24.0. The van der Waals surface area contributed by atoms with Gasteiger partial charge in [-0.15, -0.1) is 0 Å². The molecule has 34 heavy (non-hydrogen) atoms. The van der Waals surface area contributed by atoms with E-state index in [0.717, 1.165) is 41.5 Å². The molecule has 1 aromatic heterocycles. The Balaban J connectivity index is 1.68. The summed E-state index contributed by atoms with van der Waals surface area (Å²) in [6.45, 7) is 6.93. The second kappa shape index (κ2) is 9.58. The van der Waals surface area contributed by atoms with Crippen LogP contribution in [0, 0.1) is 5.92 Å². The number of nitrogens with zero attached hydrogens (tertiary/aromatic N) is 2. The molecule has 1 aliphatic heterocycles. The van der Waals surface area contributed by atoms with Crippen molar-refractivity contribution in [3.63, 3.8) is 0 Å². The minimum Gasteiger partial charge on any atom is -0.496 e. The Kier molecular flexibility index (Phi) is 6.75. The maximum absolute atomic E-state index is 13.6. The van der Waals surface area contributed by atoms with Gasteiger partial charge in [0.05, 0.1) is 29.4 Å². The number of benzene rings is 2. The van der Waals surface area contributed by atoms with Crippen molar-refractivity contribution in [1.29, 1.82) is 0 Å². The highest BCUT2D eigenvalue weighted by Gasteiger charge is 2.33. The molecule has 2 aromatic carbocycles. The molecule has 0 unspecified atom stereocenters. The second-order valence-electron chi connectivity index (χ2n) is 9.63. The standard InChI is InChI=1S/C27H33N3O4/c1-5-18-14-17(16-23-20-8-6-7-9-21(20)25(31)29-28-23)15-22(24(18)34-4)26(32)30-12-10-19(11-13-30)27(2,3)33/h6-9,14-15,19,33H,5,10-13,16H2,1-4H3,(H,29,31). The average Bonchev–Trinajstić information content (AvgIpc) is 2.84. The molecular weight excluding hydrogens is 430 g/mol. The molecule has 0 spiro atoms. The van der Waals surface area contributed by atoms with Gasteiger partial charge in [-0.1, -0.05) is 31.2 Å². The molecular formula is C27H33N3O4. The number of aromatic amines is 1. The van der Waals surface area contributed by atoms with Crippen LogP contribution in [0.1, 0.15) is 60.8 Å². The van der Waals surface area contributed by atoms with Gasteiger partial charge in [0.15, 0.2) is 0 Å². The normalized spacial score (nSPS) is 15.0. The molecule has 4 rings (SSSR count). The van der Waals surface area contributed by atoms with E-state index in [4.69, 9.17) is 4.74 Å². The van der Waals surface area contributed by atoms with E-state index < -0.39 is 5.60 Å². The van der Waals surface area contributed by atoms with Gasteiger partial charge in [0.1, 0.15) is 5.75 Å². The summed E-state index contributed by atoms with van der Waals surface area (Å²) in [5.74, 6) is 0.734. The fourth-order valence-corrected chi connectivity index (χ4v) is 4.98. The minimum atomic E-state index is -0.742. The van der Waals surface area contributed by atoms with Gasteiger partial charge in [0.25, 0.3) is 11.5 Å². The Morgan fingerprint density at radius 2 is 1.88 bits per heavy atom.